The normalized spacial score (nSPS) is 32.3. The molecular formula is C20H25N2O+. The van der Waals surface area contributed by atoms with E-state index in [1.807, 2.05) is 0 Å². The third kappa shape index (κ3) is 2.02. The van der Waals surface area contributed by atoms with Crippen LogP contribution in [0.3, 0.4) is 0 Å². The lowest BCUT2D eigenvalue weighted by Crippen LogP contribution is -2.39. The molecule has 5 aliphatic rings. The van der Waals surface area contributed by atoms with Crippen molar-refractivity contribution < 1.29 is 4.76 Å². The maximum atomic E-state index is 12.9. The highest BCUT2D eigenvalue weighted by atomic mass is 16.3. The predicted molar refractivity (Wildman–Crippen MR) is 90.6 cm³/mol. The monoisotopic (exact) mass is 309 g/mol. The molecule has 3 aliphatic carbocycles. The lowest BCUT2D eigenvalue weighted by molar-refractivity contribution is -0.554. The van der Waals surface area contributed by atoms with Crippen molar-refractivity contribution in [2.45, 2.75) is 57.9 Å². The minimum absolute atomic E-state index is 0.175. The first-order valence-electron chi connectivity index (χ1n) is 9.33. The van der Waals surface area contributed by atoms with Gasteiger partial charge in [-0.25, -0.2) is 0 Å². The summed E-state index contributed by atoms with van der Waals surface area (Å²) >= 11 is 0. The molecule has 1 N–H and O–H groups in total. The Morgan fingerprint density at radius 1 is 1.35 bits per heavy atom. The van der Waals surface area contributed by atoms with Crippen LogP contribution in [-0.4, -0.2) is 17.3 Å². The number of nitroso groups, excluding NO2 is 1. The number of nitrogens with zero attached hydrogens (tertiary/aromatic N) is 1. The zero-order valence-electron chi connectivity index (χ0n) is 13.9. The van der Waals surface area contributed by atoms with Crippen molar-refractivity contribution in [1.82, 2.24) is 5.32 Å². The van der Waals surface area contributed by atoms with Crippen molar-refractivity contribution in [3.8, 4) is 0 Å². The molecule has 0 amide bonds. The van der Waals surface area contributed by atoms with E-state index >= 15 is 0 Å². The van der Waals surface area contributed by atoms with Gasteiger partial charge in [-0.2, -0.15) is 0 Å². The van der Waals surface area contributed by atoms with Gasteiger partial charge in [-0.3, -0.25) is 0 Å². The third-order valence-corrected chi connectivity index (χ3v) is 6.38. The number of hydrogen-bond donors (Lipinski definition) is 1. The molecule has 0 bridgehead atoms. The molecular weight excluding hydrogens is 284 g/mol. The van der Waals surface area contributed by atoms with E-state index in [4.69, 9.17) is 0 Å². The molecule has 0 saturated heterocycles. The van der Waals surface area contributed by atoms with Crippen LogP contribution < -0.4 is 5.32 Å². The molecule has 1 saturated carbocycles. The summed E-state index contributed by atoms with van der Waals surface area (Å²) in [6.07, 6.45) is 12.6. The Morgan fingerprint density at radius 3 is 3.00 bits per heavy atom. The number of fused-ring (bicyclic) bond motifs is 1. The molecule has 2 unspecified atom stereocenters. The maximum Gasteiger partial charge on any atom is 0.233 e. The van der Waals surface area contributed by atoms with Crippen molar-refractivity contribution in [3.63, 3.8) is 0 Å². The van der Waals surface area contributed by atoms with Crippen molar-refractivity contribution in [1.29, 1.82) is 0 Å². The van der Waals surface area contributed by atoms with Crippen LogP contribution in [0.2, 0.25) is 0 Å². The van der Waals surface area contributed by atoms with E-state index in [1.54, 1.807) is 11.1 Å². The van der Waals surface area contributed by atoms with E-state index in [2.05, 4.69) is 24.4 Å². The molecule has 2 atom stereocenters. The van der Waals surface area contributed by atoms with Crippen LogP contribution in [0.4, 0.5) is 0 Å². The fourth-order valence-electron chi connectivity index (χ4n) is 5.04. The van der Waals surface area contributed by atoms with Gasteiger partial charge in [0.2, 0.25) is 11.7 Å². The van der Waals surface area contributed by atoms with Crippen LogP contribution in [0, 0.1) is 16.7 Å². The molecule has 2 aliphatic heterocycles. The number of allylic oxidation sites excluding steroid dienone is 4. The lowest BCUT2D eigenvalue weighted by Gasteiger charge is -2.34. The Labute approximate surface area is 137 Å². The molecule has 2 heterocycles. The lowest BCUT2D eigenvalue weighted by atomic mass is 9.70. The standard InChI is InChI=1S/C20H25N2O/c1-2-14-10-16-15-4-3-5-18-20(15)13(11-21-18)9-17(16)19(22(14)23)8-12-6-7-12/h5,10,12,17,19,21H,2-4,6-9,11H2,1H3/q+1. The van der Waals surface area contributed by atoms with E-state index in [9.17, 15) is 4.91 Å². The Kier molecular flexibility index (Phi) is 2.95. The first-order valence-corrected chi connectivity index (χ1v) is 9.33. The van der Waals surface area contributed by atoms with E-state index < -0.39 is 0 Å². The average Bonchev–Trinajstić information content (AvgIpc) is 3.30. The summed E-state index contributed by atoms with van der Waals surface area (Å²) in [5, 5.41) is 3.58. The Bertz CT molecular complexity index is 718. The number of hydrogen-bond acceptors (Lipinski definition) is 2. The van der Waals surface area contributed by atoms with Gasteiger partial charge in [0.1, 0.15) is 0 Å². The quantitative estimate of drug-likeness (QED) is 0.795. The zero-order chi connectivity index (χ0) is 15.6. The van der Waals surface area contributed by atoms with Crippen LogP contribution in [0.5, 0.6) is 0 Å². The highest BCUT2D eigenvalue weighted by Crippen LogP contribution is 2.50. The zero-order valence-corrected chi connectivity index (χ0v) is 13.9. The molecule has 120 valence electrons. The van der Waals surface area contributed by atoms with Gasteiger partial charge in [-0.05, 0) is 54.7 Å². The topological polar surface area (TPSA) is 32.1 Å². The van der Waals surface area contributed by atoms with Crippen LogP contribution in [0.15, 0.2) is 45.8 Å². The van der Waals surface area contributed by atoms with Gasteiger partial charge in [0.05, 0.1) is 5.92 Å². The summed E-state index contributed by atoms with van der Waals surface area (Å²) < 4.78 is 1.39. The first kappa shape index (κ1) is 13.8. The second-order valence-electron chi connectivity index (χ2n) is 7.79. The molecule has 1 fully saturated rings. The second-order valence-corrected chi connectivity index (χ2v) is 7.79. The molecule has 0 aromatic rings. The molecule has 0 spiro atoms. The molecule has 0 radical (unpaired) electrons. The van der Waals surface area contributed by atoms with Crippen molar-refractivity contribution in [2.75, 3.05) is 6.54 Å². The summed E-state index contributed by atoms with van der Waals surface area (Å²) in [5.41, 5.74) is 8.50. The fraction of sp³-hybridized carbons (Fsp3) is 0.600. The first-order chi connectivity index (χ1) is 11.3. The molecule has 5 rings (SSSR count). The van der Waals surface area contributed by atoms with E-state index in [1.165, 1.54) is 34.4 Å². The Hall–Kier alpha value is -1.64. The van der Waals surface area contributed by atoms with Gasteiger partial charge in [-0.15, -0.1) is 0 Å². The van der Waals surface area contributed by atoms with E-state index in [0.29, 0.717) is 5.92 Å². The minimum atomic E-state index is 0.175. The summed E-state index contributed by atoms with van der Waals surface area (Å²) in [5.74, 6) is 1.23. The highest BCUT2D eigenvalue weighted by Gasteiger charge is 2.49. The van der Waals surface area contributed by atoms with Crippen LogP contribution >= 0.6 is 0 Å². The summed E-state index contributed by atoms with van der Waals surface area (Å²) in [6, 6.07) is 0.175. The predicted octanol–water partition coefficient (Wildman–Crippen LogP) is 4.14. The van der Waals surface area contributed by atoms with E-state index in [-0.39, 0.29) is 6.04 Å². The largest absolute Gasteiger partial charge is 0.381 e. The van der Waals surface area contributed by atoms with E-state index in [0.717, 1.165) is 50.3 Å². The van der Waals surface area contributed by atoms with Gasteiger partial charge < -0.3 is 5.32 Å². The smallest absolute Gasteiger partial charge is 0.233 e. The minimum Gasteiger partial charge on any atom is -0.381 e. The molecule has 23 heavy (non-hydrogen) atoms. The summed E-state index contributed by atoms with van der Waals surface area (Å²) in [6.45, 7) is 3.11. The van der Waals surface area contributed by atoms with Gasteiger partial charge in [0.15, 0.2) is 0 Å². The molecule has 3 nitrogen and oxygen atoms in total. The van der Waals surface area contributed by atoms with Crippen LogP contribution in [-0.2, 0) is 0 Å². The summed E-state index contributed by atoms with van der Waals surface area (Å²) in [4.78, 5) is 12.9. The molecule has 0 aromatic carbocycles. The molecule has 3 heteroatoms. The molecule has 0 aromatic heterocycles. The second kappa shape index (κ2) is 4.93. The van der Waals surface area contributed by atoms with Gasteiger partial charge in [-0.1, -0.05) is 13.0 Å². The Morgan fingerprint density at radius 2 is 2.22 bits per heavy atom. The highest BCUT2D eigenvalue weighted by molar-refractivity contribution is 5.61. The number of nitrogens with one attached hydrogen (secondary N) is 1. The van der Waals surface area contributed by atoms with Crippen LogP contribution in [0.25, 0.3) is 0 Å². The fourth-order valence-corrected chi connectivity index (χ4v) is 5.04. The summed E-state index contributed by atoms with van der Waals surface area (Å²) in [7, 11) is 0. The van der Waals surface area contributed by atoms with Crippen LogP contribution in [0.1, 0.15) is 51.9 Å². The maximum absolute atomic E-state index is 12.9. The number of rotatable bonds is 3. The van der Waals surface area contributed by atoms with Gasteiger partial charge in [0.25, 0.3) is 0 Å². The van der Waals surface area contributed by atoms with Crippen molar-refractivity contribution in [3.05, 3.63) is 50.7 Å². The SMILES string of the molecule is CCC1=CC2=C3CCC=C4NCC(=C43)CC2C(CC2CC2)[N+]1=O. The third-order valence-electron chi connectivity index (χ3n) is 6.38. The van der Waals surface area contributed by atoms with Gasteiger partial charge in [0, 0.05) is 46.4 Å². The van der Waals surface area contributed by atoms with Crippen molar-refractivity contribution >= 4 is 0 Å². The Balaban J connectivity index is 1.64. The average molecular weight is 309 g/mol. The van der Waals surface area contributed by atoms with Gasteiger partial charge >= 0.3 is 0 Å². The van der Waals surface area contributed by atoms with Crippen molar-refractivity contribution in [2.24, 2.45) is 11.8 Å².